The molecule has 0 fully saturated rings. The second-order valence-electron chi connectivity index (χ2n) is 2.72. The van der Waals surface area contributed by atoms with Gasteiger partial charge in [0, 0.05) is 10.9 Å². The van der Waals surface area contributed by atoms with Crippen molar-refractivity contribution in [2.24, 2.45) is 0 Å². The van der Waals surface area contributed by atoms with Crippen LogP contribution in [0.4, 0.5) is 8.78 Å². The lowest BCUT2D eigenvalue weighted by atomic mass is 10.1. The van der Waals surface area contributed by atoms with Crippen LogP contribution in [0.15, 0.2) is 12.6 Å². The van der Waals surface area contributed by atoms with Crippen molar-refractivity contribution in [3.05, 3.63) is 35.4 Å². The van der Waals surface area contributed by atoms with E-state index in [-0.39, 0.29) is 5.56 Å². The van der Waals surface area contributed by atoms with Gasteiger partial charge in [0.1, 0.15) is 11.6 Å². The molecule has 0 aliphatic carbocycles. The molecular formula is C10H11F2P. The molecule has 1 aromatic rings. The zero-order valence-corrected chi connectivity index (χ0v) is 8.62. The topological polar surface area (TPSA) is 0 Å². The number of rotatable bonds is 2. The Bertz CT molecular complexity index is 345. The normalized spacial score (nSPS) is 11.1. The van der Waals surface area contributed by atoms with Crippen LogP contribution in [0.25, 0.3) is 6.08 Å². The molecule has 0 nitrogen and oxygen atoms in total. The van der Waals surface area contributed by atoms with Crippen LogP contribution in [0.3, 0.4) is 0 Å². The Morgan fingerprint density at radius 1 is 1.46 bits per heavy atom. The van der Waals surface area contributed by atoms with Crippen molar-refractivity contribution < 1.29 is 8.78 Å². The van der Waals surface area contributed by atoms with Crippen molar-refractivity contribution in [2.75, 3.05) is 6.66 Å². The molecule has 0 amide bonds. The largest absolute Gasteiger partial charge is 0.207 e. The fourth-order valence-electron chi connectivity index (χ4n) is 1.15. The molecule has 0 N–H and O–H groups in total. The third kappa shape index (κ3) is 1.78. The summed E-state index contributed by atoms with van der Waals surface area (Å²) in [5, 5.41) is 0.564. The molecule has 0 bridgehead atoms. The lowest BCUT2D eigenvalue weighted by Crippen LogP contribution is -2.09. The maximum atomic E-state index is 13.4. The maximum Gasteiger partial charge on any atom is 0.137 e. The average Bonchev–Trinajstić information content (AvgIpc) is 2.13. The molecule has 1 aromatic carbocycles. The van der Waals surface area contributed by atoms with Gasteiger partial charge in [0.05, 0.1) is 0 Å². The second kappa shape index (κ2) is 3.97. The van der Waals surface area contributed by atoms with Crippen molar-refractivity contribution in [3.8, 4) is 0 Å². The second-order valence-corrected chi connectivity index (χ2v) is 3.72. The lowest BCUT2D eigenvalue weighted by molar-refractivity contribution is 0.573. The minimum absolute atomic E-state index is 0.0925. The van der Waals surface area contributed by atoms with Crippen molar-refractivity contribution >= 4 is 20.0 Å². The first-order valence-electron chi connectivity index (χ1n) is 3.90. The monoisotopic (exact) mass is 200 g/mol. The van der Waals surface area contributed by atoms with Gasteiger partial charge in [-0.05, 0) is 25.2 Å². The van der Waals surface area contributed by atoms with Crippen molar-refractivity contribution in [1.29, 1.82) is 0 Å². The Labute approximate surface area is 78.4 Å². The molecule has 3 heteroatoms. The molecule has 0 aliphatic heterocycles. The molecule has 13 heavy (non-hydrogen) atoms. The van der Waals surface area contributed by atoms with Crippen molar-refractivity contribution in [2.45, 2.75) is 6.92 Å². The predicted molar refractivity (Wildman–Crippen MR) is 55.1 cm³/mol. The van der Waals surface area contributed by atoms with Crippen LogP contribution in [0.1, 0.15) is 11.1 Å². The van der Waals surface area contributed by atoms with Gasteiger partial charge in [0.15, 0.2) is 0 Å². The van der Waals surface area contributed by atoms with E-state index in [1.165, 1.54) is 19.1 Å². The Hall–Kier alpha value is -0.750. The summed E-state index contributed by atoms with van der Waals surface area (Å²) < 4.78 is 26.5. The van der Waals surface area contributed by atoms with Crippen LogP contribution in [0.2, 0.25) is 0 Å². The molecule has 0 heterocycles. The number of hydrogen-bond acceptors (Lipinski definition) is 0. The molecule has 0 aliphatic rings. The Balaban J connectivity index is 3.47. The molecule has 1 unspecified atom stereocenters. The number of halogens is 2. The van der Waals surface area contributed by atoms with E-state index in [1.54, 1.807) is 0 Å². The van der Waals surface area contributed by atoms with Crippen LogP contribution in [-0.4, -0.2) is 6.66 Å². The molecule has 1 atom stereocenters. The molecule has 0 spiro atoms. The van der Waals surface area contributed by atoms with Crippen LogP contribution >= 0.6 is 8.58 Å². The first kappa shape index (κ1) is 10.3. The third-order valence-corrected chi connectivity index (χ3v) is 2.96. The van der Waals surface area contributed by atoms with Crippen LogP contribution < -0.4 is 5.30 Å². The summed E-state index contributed by atoms with van der Waals surface area (Å²) in [5.41, 5.74) is 0.649. The van der Waals surface area contributed by atoms with Crippen LogP contribution in [-0.2, 0) is 0 Å². The quantitative estimate of drug-likeness (QED) is 0.644. The maximum absolute atomic E-state index is 13.4. The van der Waals surface area contributed by atoms with Crippen LogP contribution in [0.5, 0.6) is 0 Å². The highest BCUT2D eigenvalue weighted by Gasteiger charge is 2.12. The molecule has 70 valence electrons. The Kier molecular flexibility index (Phi) is 3.16. The summed E-state index contributed by atoms with van der Waals surface area (Å²) in [4.78, 5) is 0. The number of benzene rings is 1. The first-order valence-corrected chi connectivity index (χ1v) is 5.40. The Morgan fingerprint density at radius 3 is 2.54 bits per heavy atom. The van der Waals surface area contributed by atoms with Crippen molar-refractivity contribution in [3.63, 3.8) is 0 Å². The predicted octanol–water partition coefficient (Wildman–Crippen LogP) is 2.85. The fraction of sp³-hybridized carbons (Fsp3) is 0.200. The van der Waals surface area contributed by atoms with E-state index in [1.807, 2.05) is 6.66 Å². The summed E-state index contributed by atoms with van der Waals surface area (Å²) in [6.07, 6.45) is 1.48. The standard InChI is InChI=1S/C10H11F2P/c1-4-7-5-8(11)6(2)9(12)10(7)13-3/h4-5,13H,1H2,2-3H3. The van der Waals surface area contributed by atoms with Gasteiger partial charge in [-0.1, -0.05) is 21.2 Å². The minimum atomic E-state index is -0.505. The zero-order valence-electron chi connectivity index (χ0n) is 7.62. The highest BCUT2D eigenvalue weighted by atomic mass is 31.1. The number of hydrogen-bond donors (Lipinski definition) is 0. The molecule has 1 rings (SSSR count). The highest BCUT2D eigenvalue weighted by Crippen LogP contribution is 2.19. The van der Waals surface area contributed by atoms with Gasteiger partial charge in [0.2, 0.25) is 0 Å². The lowest BCUT2D eigenvalue weighted by Gasteiger charge is -2.08. The summed E-state index contributed by atoms with van der Waals surface area (Å²) >= 11 is 0. The van der Waals surface area contributed by atoms with Gasteiger partial charge in [0.25, 0.3) is 0 Å². The van der Waals surface area contributed by atoms with E-state index in [0.717, 1.165) is 0 Å². The van der Waals surface area contributed by atoms with Gasteiger partial charge in [-0.15, -0.1) is 0 Å². The summed E-state index contributed by atoms with van der Waals surface area (Å²) in [5.74, 6) is -0.940. The highest BCUT2D eigenvalue weighted by molar-refractivity contribution is 7.46. The van der Waals surface area contributed by atoms with E-state index < -0.39 is 11.6 Å². The summed E-state index contributed by atoms with van der Waals surface area (Å²) in [6.45, 7) is 6.83. The van der Waals surface area contributed by atoms with E-state index in [9.17, 15) is 8.78 Å². The van der Waals surface area contributed by atoms with E-state index in [0.29, 0.717) is 19.4 Å². The summed E-state index contributed by atoms with van der Waals surface area (Å²) in [7, 11) is 0.314. The summed E-state index contributed by atoms with van der Waals surface area (Å²) in [6, 6.07) is 1.33. The zero-order chi connectivity index (χ0) is 10.0. The van der Waals surface area contributed by atoms with Gasteiger partial charge in [-0.3, -0.25) is 0 Å². The molecule has 0 saturated heterocycles. The van der Waals surface area contributed by atoms with E-state index in [4.69, 9.17) is 0 Å². The van der Waals surface area contributed by atoms with Crippen molar-refractivity contribution in [1.82, 2.24) is 0 Å². The fourth-order valence-corrected chi connectivity index (χ4v) is 2.02. The third-order valence-electron chi connectivity index (χ3n) is 1.95. The smallest absolute Gasteiger partial charge is 0.137 e. The molecular weight excluding hydrogens is 189 g/mol. The minimum Gasteiger partial charge on any atom is -0.207 e. The molecule has 0 radical (unpaired) electrons. The van der Waals surface area contributed by atoms with Gasteiger partial charge < -0.3 is 0 Å². The average molecular weight is 200 g/mol. The van der Waals surface area contributed by atoms with Crippen LogP contribution in [0, 0.1) is 18.6 Å². The van der Waals surface area contributed by atoms with E-state index >= 15 is 0 Å². The molecule has 0 aromatic heterocycles. The van der Waals surface area contributed by atoms with Gasteiger partial charge in [-0.25, -0.2) is 8.78 Å². The Morgan fingerprint density at radius 2 is 2.08 bits per heavy atom. The molecule has 0 saturated carbocycles. The first-order chi connectivity index (χ1) is 6.11. The van der Waals surface area contributed by atoms with Gasteiger partial charge >= 0.3 is 0 Å². The SMILES string of the molecule is C=Cc1cc(F)c(C)c(F)c1PC. The van der Waals surface area contributed by atoms with E-state index in [2.05, 4.69) is 6.58 Å². The van der Waals surface area contributed by atoms with Gasteiger partial charge in [-0.2, -0.15) is 0 Å².